The maximum atomic E-state index is 6.17. The van der Waals surface area contributed by atoms with Gasteiger partial charge in [-0.05, 0) is 23.6 Å². The fourth-order valence-corrected chi connectivity index (χ4v) is 3.39. The second kappa shape index (κ2) is 6.12. The first-order valence-electron chi connectivity index (χ1n) is 6.28. The van der Waals surface area contributed by atoms with Crippen LogP contribution >= 0.6 is 35.2 Å². The second-order valence-corrected chi connectivity index (χ2v) is 7.04. The van der Waals surface area contributed by atoms with Crippen LogP contribution in [0.5, 0.6) is 0 Å². The monoisotopic (exact) mass is 324 g/mol. The van der Waals surface area contributed by atoms with Crippen molar-refractivity contribution in [2.75, 3.05) is 11.9 Å². The molecule has 20 heavy (non-hydrogen) atoms. The molecule has 2 rings (SSSR count). The molecule has 0 unspecified atom stereocenters. The van der Waals surface area contributed by atoms with Crippen molar-refractivity contribution in [2.24, 2.45) is 5.73 Å². The Balaban J connectivity index is 2.20. The Morgan fingerprint density at radius 3 is 2.70 bits per heavy atom. The van der Waals surface area contributed by atoms with Crippen molar-refractivity contribution in [2.45, 2.75) is 19.3 Å². The highest BCUT2D eigenvalue weighted by Crippen LogP contribution is 2.30. The van der Waals surface area contributed by atoms with E-state index in [0.29, 0.717) is 15.6 Å². The molecule has 0 fully saturated rings. The van der Waals surface area contributed by atoms with Crippen LogP contribution in [0.25, 0.3) is 0 Å². The number of nitrogens with one attached hydrogen (secondary N) is 1. The predicted octanol–water partition coefficient (Wildman–Crippen LogP) is 4.43. The molecule has 0 aliphatic rings. The average Bonchev–Trinajstić information content (AvgIpc) is 2.90. The zero-order valence-electron chi connectivity index (χ0n) is 11.4. The van der Waals surface area contributed by atoms with Gasteiger partial charge in [-0.2, -0.15) is 0 Å². The van der Waals surface area contributed by atoms with Gasteiger partial charge < -0.3 is 11.1 Å². The smallest absolute Gasteiger partial charge is 0.107 e. The van der Waals surface area contributed by atoms with Gasteiger partial charge in [0, 0.05) is 22.5 Å². The molecular weight excluding hydrogens is 308 g/mol. The first-order chi connectivity index (χ1) is 9.42. The zero-order valence-corrected chi connectivity index (χ0v) is 13.8. The third-order valence-electron chi connectivity index (χ3n) is 3.17. The maximum absolute atomic E-state index is 6.17. The van der Waals surface area contributed by atoms with Crippen LogP contribution in [-0.4, -0.2) is 11.5 Å². The van der Waals surface area contributed by atoms with Crippen LogP contribution in [-0.2, 0) is 5.41 Å². The number of halogens is 1. The molecule has 0 bridgehead atoms. The summed E-state index contributed by atoms with van der Waals surface area (Å²) in [7, 11) is 0. The second-order valence-electron chi connectivity index (χ2n) is 5.24. The highest BCUT2D eigenvalue weighted by molar-refractivity contribution is 7.80. The predicted molar refractivity (Wildman–Crippen MR) is 93.2 cm³/mol. The maximum Gasteiger partial charge on any atom is 0.107 e. The Hall–Kier alpha value is -1.10. The molecule has 1 heterocycles. The van der Waals surface area contributed by atoms with Gasteiger partial charge in [-0.1, -0.05) is 49.8 Å². The fraction of sp³-hybridized carbons (Fsp3) is 0.267. The summed E-state index contributed by atoms with van der Waals surface area (Å²) in [5, 5.41) is 6.09. The van der Waals surface area contributed by atoms with Gasteiger partial charge >= 0.3 is 0 Å². The van der Waals surface area contributed by atoms with Crippen LogP contribution in [0.4, 0.5) is 5.69 Å². The molecule has 0 aliphatic heterocycles. The molecule has 0 spiro atoms. The third kappa shape index (κ3) is 3.32. The highest BCUT2D eigenvalue weighted by atomic mass is 35.5. The molecule has 0 aliphatic carbocycles. The number of benzene rings is 1. The molecule has 1 aromatic carbocycles. The number of rotatable bonds is 5. The van der Waals surface area contributed by atoms with Gasteiger partial charge in [0.25, 0.3) is 0 Å². The van der Waals surface area contributed by atoms with Crippen LogP contribution < -0.4 is 11.1 Å². The molecule has 1 aromatic heterocycles. The van der Waals surface area contributed by atoms with E-state index < -0.39 is 0 Å². The van der Waals surface area contributed by atoms with E-state index in [9.17, 15) is 0 Å². The van der Waals surface area contributed by atoms with Crippen molar-refractivity contribution in [3.63, 3.8) is 0 Å². The Labute approximate surface area is 134 Å². The molecule has 0 amide bonds. The van der Waals surface area contributed by atoms with Crippen molar-refractivity contribution < 1.29 is 0 Å². The first-order valence-corrected chi connectivity index (χ1v) is 7.94. The first kappa shape index (κ1) is 15.3. The standard InChI is InChI=1S/C15H17ClN2S2/c1-15(2,12-7-4-8-20-12)9-18-11-6-3-5-10(16)13(11)14(17)19/h3-8,18H,9H2,1-2H3,(H2,17,19). The van der Waals surface area contributed by atoms with Gasteiger partial charge in [0.05, 0.1) is 10.6 Å². The molecule has 0 atom stereocenters. The lowest BCUT2D eigenvalue weighted by molar-refractivity contribution is 0.569. The normalized spacial score (nSPS) is 11.3. The summed E-state index contributed by atoms with van der Waals surface area (Å²) in [5.74, 6) is 0. The van der Waals surface area contributed by atoms with Crippen molar-refractivity contribution in [3.05, 3.63) is 51.2 Å². The summed E-state index contributed by atoms with van der Waals surface area (Å²) in [6.45, 7) is 5.19. The summed E-state index contributed by atoms with van der Waals surface area (Å²) in [4.78, 5) is 1.65. The Bertz CT molecular complexity index is 606. The van der Waals surface area contributed by atoms with E-state index in [1.807, 2.05) is 12.1 Å². The molecule has 106 valence electrons. The molecule has 5 heteroatoms. The van der Waals surface area contributed by atoms with E-state index in [1.54, 1.807) is 17.4 Å². The lowest BCUT2D eigenvalue weighted by Gasteiger charge is -2.25. The van der Waals surface area contributed by atoms with Gasteiger partial charge in [0.1, 0.15) is 4.99 Å². The lowest BCUT2D eigenvalue weighted by Crippen LogP contribution is -2.27. The van der Waals surface area contributed by atoms with Crippen molar-refractivity contribution in [1.29, 1.82) is 0 Å². The number of nitrogens with two attached hydrogens (primary N) is 1. The van der Waals surface area contributed by atoms with Gasteiger partial charge in [0.15, 0.2) is 0 Å². The van der Waals surface area contributed by atoms with Gasteiger partial charge in [0.2, 0.25) is 0 Å². The van der Waals surface area contributed by atoms with Gasteiger partial charge in [-0.15, -0.1) is 11.3 Å². The Morgan fingerprint density at radius 1 is 1.35 bits per heavy atom. The van der Waals surface area contributed by atoms with Gasteiger partial charge in [-0.3, -0.25) is 0 Å². The zero-order chi connectivity index (χ0) is 14.8. The number of thiocarbonyl (C=S) groups is 1. The molecule has 2 aromatic rings. The number of anilines is 1. The van der Waals surface area contributed by atoms with Gasteiger partial charge in [-0.25, -0.2) is 0 Å². The van der Waals surface area contributed by atoms with E-state index in [1.165, 1.54) is 4.88 Å². The molecule has 0 radical (unpaired) electrons. The minimum atomic E-state index is 0.0317. The van der Waals surface area contributed by atoms with Crippen molar-refractivity contribution in [3.8, 4) is 0 Å². The van der Waals surface area contributed by atoms with Crippen LogP contribution in [0, 0.1) is 0 Å². The third-order valence-corrected chi connectivity index (χ3v) is 4.92. The van der Waals surface area contributed by atoms with Crippen LogP contribution in [0.1, 0.15) is 24.3 Å². The van der Waals surface area contributed by atoms with E-state index in [-0.39, 0.29) is 5.41 Å². The Morgan fingerprint density at radius 2 is 2.10 bits per heavy atom. The van der Waals surface area contributed by atoms with Crippen molar-refractivity contribution >= 4 is 45.8 Å². The number of thiophene rings is 1. The molecular formula is C15H17ClN2S2. The van der Waals surface area contributed by atoms with Crippen LogP contribution in [0.3, 0.4) is 0 Å². The molecule has 0 saturated heterocycles. The quantitative estimate of drug-likeness (QED) is 0.799. The fourth-order valence-electron chi connectivity index (χ4n) is 1.99. The summed E-state index contributed by atoms with van der Waals surface area (Å²) in [6, 6.07) is 9.86. The summed E-state index contributed by atoms with van der Waals surface area (Å²) < 4.78 is 0. The minimum absolute atomic E-state index is 0.0317. The molecule has 0 saturated carbocycles. The highest BCUT2D eigenvalue weighted by Gasteiger charge is 2.22. The van der Waals surface area contributed by atoms with Crippen LogP contribution in [0.15, 0.2) is 35.7 Å². The summed E-state index contributed by atoms with van der Waals surface area (Å²) in [5.41, 5.74) is 7.39. The topological polar surface area (TPSA) is 38.0 Å². The molecule has 2 nitrogen and oxygen atoms in total. The van der Waals surface area contributed by atoms with E-state index >= 15 is 0 Å². The van der Waals surface area contributed by atoms with E-state index in [2.05, 4.69) is 36.7 Å². The minimum Gasteiger partial charge on any atom is -0.389 e. The Kier molecular flexibility index (Phi) is 4.68. The van der Waals surface area contributed by atoms with E-state index in [0.717, 1.165) is 12.2 Å². The molecule has 3 N–H and O–H groups in total. The van der Waals surface area contributed by atoms with Crippen LogP contribution in [0.2, 0.25) is 5.02 Å². The SMILES string of the molecule is CC(C)(CNc1cccc(Cl)c1C(N)=S)c1cccs1. The summed E-state index contributed by atoms with van der Waals surface area (Å²) >= 11 is 13.0. The summed E-state index contributed by atoms with van der Waals surface area (Å²) in [6.07, 6.45) is 0. The van der Waals surface area contributed by atoms with E-state index in [4.69, 9.17) is 29.6 Å². The van der Waals surface area contributed by atoms with Crippen molar-refractivity contribution in [1.82, 2.24) is 0 Å². The number of hydrogen-bond donors (Lipinski definition) is 2. The number of hydrogen-bond acceptors (Lipinski definition) is 3. The average molecular weight is 325 g/mol. The largest absolute Gasteiger partial charge is 0.389 e. The lowest BCUT2D eigenvalue weighted by atomic mass is 9.91.